The van der Waals surface area contributed by atoms with Gasteiger partial charge in [-0.2, -0.15) is 0 Å². The highest BCUT2D eigenvalue weighted by atomic mass is 16.4. The standard InChI is InChI=1S/C25H37N5O7/c1-3-14(2)21(27)23(34)28-17(10-11-20(26)32)24(35)30-12-4-5-19(30)22(33)29-18(25(36)37)13-15-6-8-16(31)9-7-15/h6-9,14,17-19,21,31H,3-5,10-13,27H2,1-2H3,(H2,26,32)(H,28,34)(H,29,33)(H,36,37). The molecule has 0 bridgehead atoms. The van der Waals surface area contributed by atoms with Gasteiger partial charge in [0, 0.05) is 19.4 Å². The van der Waals surface area contributed by atoms with Crippen LogP contribution in [0.3, 0.4) is 0 Å². The van der Waals surface area contributed by atoms with Crippen LogP contribution in [-0.4, -0.2) is 75.4 Å². The van der Waals surface area contributed by atoms with Gasteiger partial charge in [-0.25, -0.2) is 4.79 Å². The topological polar surface area (TPSA) is 205 Å². The first kappa shape index (κ1) is 29.6. The summed E-state index contributed by atoms with van der Waals surface area (Å²) in [5, 5.41) is 24.2. The highest BCUT2D eigenvalue weighted by Gasteiger charge is 2.39. The van der Waals surface area contributed by atoms with Crippen molar-refractivity contribution in [2.45, 2.75) is 76.5 Å². The first-order chi connectivity index (χ1) is 17.4. The molecule has 204 valence electrons. The van der Waals surface area contributed by atoms with Crippen molar-refractivity contribution >= 4 is 29.6 Å². The Morgan fingerprint density at radius 3 is 2.32 bits per heavy atom. The summed E-state index contributed by atoms with van der Waals surface area (Å²) in [5.41, 5.74) is 11.8. The van der Waals surface area contributed by atoms with Crippen molar-refractivity contribution in [3.8, 4) is 5.75 Å². The second kappa shape index (κ2) is 13.6. The van der Waals surface area contributed by atoms with E-state index in [0.717, 1.165) is 0 Å². The molecule has 0 aliphatic carbocycles. The molecule has 12 nitrogen and oxygen atoms in total. The molecule has 4 amide bonds. The van der Waals surface area contributed by atoms with Crippen molar-refractivity contribution in [1.29, 1.82) is 0 Å². The molecule has 2 rings (SSSR count). The molecule has 0 aromatic heterocycles. The molecule has 1 heterocycles. The number of hydrogen-bond acceptors (Lipinski definition) is 7. The number of amides is 4. The summed E-state index contributed by atoms with van der Waals surface area (Å²) in [6.07, 6.45) is 1.23. The van der Waals surface area contributed by atoms with E-state index in [0.29, 0.717) is 24.8 Å². The number of benzene rings is 1. The Bertz CT molecular complexity index is 984. The van der Waals surface area contributed by atoms with E-state index < -0.39 is 53.8 Å². The molecule has 0 radical (unpaired) electrons. The number of rotatable bonds is 13. The fraction of sp³-hybridized carbons (Fsp3) is 0.560. The molecule has 5 unspecified atom stereocenters. The molecule has 1 aromatic carbocycles. The molecular formula is C25H37N5O7. The number of carbonyl (C=O) groups is 5. The fourth-order valence-corrected chi connectivity index (χ4v) is 4.16. The monoisotopic (exact) mass is 519 g/mol. The number of aliphatic carboxylic acids is 1. The second-order valence-electron chi connectivity index (χ2n) is 9.44. The predicted molar refractivity (Wildman–Crippen MR) is 134 cm³/mol. The molecular weight excluding hydrogens is 482 g/mol. The number of phenolic OH excluding ortho intramolecular Hbond substituents is 1. The zero-order valence-corrected chi connectivity index (χ0v) is 21.2. The molecule has 1 aliphatic rings. The lowest BCUT2D eigenvalue weighted by Gasteiger charge is -2.30. The highest BCUT2D eigenvalue weighted by Crippen LogP contribution is 2.21. The average Bonchev–Trinajstić information content (AvgIpc) is 3.35. The Kier molecular flexibility index (Phi) is 10.9. The third kappa shape index (κ3) is 8.45. The van der Waals surface area contributed by atoms with E-state index in [2.05, 4.69) is 10.6 Å². The average molecular weight is 520 g/mol. The lowest BCUT2D eigenvalue weighted by atomic mass is 9.98. The maximum Gasteiger partial charge on any atom is 0.326 e. The summed E-state index contributed by atoms with van der Waals surface area (Å²) >= 11 is 0. The lowest BCUT2D eigenvalue weighted by Crippen LogP contribution is -2.57. The van der Waals surface area contributed by atoms with Crippen LogP contribution in [0.1, 0.15) is 51.5 Å². The number of nitrogens with two attached hydrogens (primary N) is 2. The number of carboxylic acids is 1. The SMILES string of the molecule is CCC(C)C(N)C(=O)NC(CCC(N)=O)C(=O)N1CCCC1C(=O)NC(Cc1ccc(O)cc1)C(=O)O. The Morgan fingerprint density at radius 1 is 1.11 bits per heavy atom. The van der Waals surface area contributed by atoms with E-state index in [1.807, 2.05) is 13.8 Å². The fourth-order valence-electron chi connectivity index (χ4n) is 4.16. The third-order valence-electron chi connectivity index (χ3n) is 6.68. The van der Waals surface area contributed by atoms with Crippen LogP contribution in [0.15, 0.2) is 24.3 Å². The van der Waals surface area contributed by atoms with Crippen LogP contribution in [-0.2, 0) is 30.4 Å². The van der Waals surface area contributed by atoms with Gasteiger partial charge in [0.1, 0.15) is 23.9 Å². The van der Waals surface area contributed by atoms with Crippen LogP contribution in [0, 0.1) is 5.92 Å². The van der Waals surface area contributed by atoms with Gasteiger partial charge >= 0.3 is 5.97 Å². The van der Waals surface area contributed by atoms with E-state index in [1.165, 1.54) is 17.0 Å². The van der Waals surface area contributed by atoms with Gasteiger partial charge in [-0.1, -0.05) is 32.4 Å². The summed E-state index contributed by atoms with van der Waals surface area (Å²) in [4.78, 5) is 63.6. The molecule has 5 atom stereocenters. The van der Waals surface area contributed by atoms with Gasteiger partial charge in [-0.15, -0.1) is 0 Å². The minimum Gasteiger partial charge on any atom is -0.508 e. The van der Waals surface area contributed by atoms with Crippen molar-refractivity contribution in [3.63, 3.8) is 0 Å². The van der Waals surface area contributed by atoms with Crippen molar-refractivity contribution in [3.05, 3.63) is 29.8 Å². The van der Waals surface area contributed by atoms with Crippen molar-refractivity contribution in [2.24, 2.45) is 17.4 Å². The van der Waals surface area contributed by atoms with Crippen LogP contribution in [0.4, 0.5) is 0 Å². The minimum absolute atomic E-state index is 0.0210. The molecule has 1 saturated heterocycles. The van der Waals surface area contributed by atoms with Crippen molar-refractivity contribution < 1.29 is 34.2 Å². The Hall–Kier alpha value is -3.67. The van der Waals surface area contributed by atoms with Crippen LogP contribution >= 0.6 is 0 Å². The Morgan fingerprint density at radius 2 is 1.76 bits per heavy atom. The quantitative estimate of drug-likeness (QED) is 0.202. The number of nitrogens with one attached hydrogen (secondary N) is 2. The van der Waals surface area contributed by atoms with Gasteiger partial charge in [-0.3, -0.25) is 19.2 Å². The number of primary amides is 1. The molecule has 1 aromatic rings. The van der Waals surface area contributed by atoms with Crippen LogP contribution in [0.25, 0.3) is 0 Å². The molecule has 1 fully saturated rings. The van der Waals surface area contributed by atoms with Crippen LogP contribution < -0.4 is 22.1 Å². The number of phenols is 1. The maximum atomic E-state index is 13.4. The zero-order valence-electron chi connectivity index (χ0n) is 21.2. The number of aromatic hydroxyl groups is 1. The molecule has 0 saturated carbocycles. The largest absolute Gasteiger partial charge is 0.508 e. The first-order valence-electron chi connectivity index (χ1n) is 12.4. The van der Waals surface area contributed by atoms with Gasteiger partial charge in [0.2, 0.25) is 23.6 Å². The summed E-state index contributed by atoms with van der Waals surface area (Å²) in [6.45, 7) is 3.92. The predicted octanol–water partition coefficient (Wildman–Crippen LogP) is -0.381. The smallest absolute Gasteiger partial charge is 0.326 e. The first-order valence-corrected chi connectivity index (χ1v) is 12.4. The van der Waals surface area contributed by atoms with E-state index in [9.17, 15) is 34.2 Å². The zero-order chi connectivity index (χ0) is 27.7. The van der Waals surface area contributed by atoms with Crippen molar-refractivity contribution in [1.82, 2.24) is 15.5 Å². The molecule has 1 aliphatic heterocycles. The summed E-state index contributed by atoms with van der Waals surface area (Å²) in [6, 6.07) is 1.78. The lowest BCUT2D eigenvalue weighted by molar-refractivity contribution is -0.145. The van der Waals surface area contributed by atoms with Gasteiger partial charge in [-0.05, 0) is 42.9 Å². The maximum absolute atomic E-state index is 13.4. The van der Waals surface area contributed by atoms with Gasteiger partial charge in [0.15, 0.2) is 0 Å². The Balaban J connectivity index is 2.15. The minimum atomic E-state index is -1.26. The van der Waals surface area contributed by atoms with Gasteiger partial charge in [0.05, 0.1) is 6.04 Å². The summed E-state index contributed by atoms with van der Waals surface area (Å²) in [5.74, 6) is -3.74. The van der Waals surface area contributed by atoms with E-state index in [-0.39, 0.29) is 37.5 Å². The second-order valence-corrected chi connectivity index (χ2v) is 9.44. The number of carbonyl (C=O) groups excluding carboxylic acids is 4. The van der Waals surface area contributed by atoms with Crippen LogP contribution in [0.2, 0.25) is 0 Å². The van der Waals surface area contributed by atoms with Crippen molar-refractivity contribution in [2.75, 3.05) is 6.54 Å². The molecule has 37 heavy (non-hydrogen) atoms. The Labute approximate surface area is 215 Å². The van der Waals surface area contributed by atoms with Gasteiger partial charge < -0.3 is 37.2 Å². The molecule has 8 N–H and O–H groups in total. The summed E-state index contributed by atoms with van der Waals surface area (Å²) in [7, 11) is 0. The number of nitrogens with zero attached hydrogens (tertiary/aromatic N) is 1. The van der Waals surface area contributed by atoms with E-state index in [4.69, 9.17) is 11.5 Å². The summed E-state index contributed by atoms with van der Waals surface area (Å²) < 4.78 is 0. The third-order valence-corrected chi connectivity index (χ3v) is 6.68. The highest BCUT2D eigenvalue weighted by molar-refractivity contribution is 5.94. The molecule has 12 heteroatoms. The normalized spacial score (nSPS) is 18.4. The number of carboxylic acid groups (broad SMARTS) is 1. The van der Waals surface area contributed by atoms with E-state index in [1.54, 1.807) is 12.1 Å². The van der Waals surface area contributed by atoms with Gasteiger partial charge in [0.25, 0.3) is 0 Å². The van der Waals surface area contributed by atoms with Crippen LogP contribution in [0.5, 0.6) is 5.75 Å². The molecule has 0 spiro atoms. The number of hydrogen-bond donors (Lipinski definition) is 6. The number of likely N-dealkylation sites (tertiary alicyclic amines) is 1. The van der Waals surface area contributed by atoms with E-state index >= 15 is 0 Å².